The predicted octanol–water partition coefficient (Wildman–Crippen LogP) is 2.01. The highest BCUT2D eigenvalue weighted by molar-refractivity contribution is 6.23. The van der Waals surface area contributed by atoms with Crippen LogP contribution in [0.15, 0.2) is 66.2 Å². The molecule has 1 aliphatic heterocycles. The number of rotatable bonds is 5. The molecule has 4 amide bonds. The van der Waals surface area contributed by atoms with Crippen molar-refractivity contribution in [3.05, 3.63) is 77.4 Å². The van der Waals surface area contributed by atoms with Crippen molar-refractivity contribution in [2.24, 2.45) is 23.7 Å². The first-order valence-corrected chi connectivity index (χ1v) is 11.3. The van der Waals surface area contributed by atoms with Crippen molar-refractivity contribution >= 4 is 35.3 Å². The lowest BCUT2D eigenvalue weighted by molar-refractivity contribution is -0.125. The largest absolute Gasteiger partial charge is 0.452 e. The minimum atomic E-state index is -0.798. The van der Waals surface area contributed by atoms with Gasteiger partial charge in [0.15, 0.2) is 6.61 Å². The lowest BCUT2D eigenvalue weighted by atomic mass is 9.82. The van der Waals surface area contributed by atoms with Crippen LogP contribution in [0.4, 0.5) is 5.69 Å². The van der Waals surface area contributed by atoms with Crippen LogP contribution in [0.25, 0.3) is 0 Å². The van der Waals surface area contributed by atoms with Gasteiger partial charge in [0, 0.05) is 5.56 Å². The van der Waals surface area contributed by atoms with Crippen LogP contribution in [0, 0.1) is 23.7 Å². The molecule has 3 aliphatic rings. The van der Waals surface area contributed by atoms with Crippen LogP contribution in [-0.4, -0.2) is 36.2 Å². The van der Waals surface area contributed by atoms with E-state index < -0.39 is 24.4 Å². The molecule has 9 heteroatoms. The number of anilines is 1. The van der Waals surface area contributed by atoms with E-state index in [1.165, 1.54) is 17.0 Å². The van der Waals surface area contributed by atoms with Crippen LogP contribution in [-0.2, 0) is 19.1 Å². The van der Waals surface area contributed by atoms with Crippen LogP contribution < -0.4 is 15.8 Å². The maximum Gasteiger partial charge on any atom is 0.338 e. The van der Waals surface area contributed by atoms with E-state index in [0.717, 1.165) is 12.0 Å². The number of allylic oxidation sites excluding steroid dienone is 2. The third-order valence-corrected chi connectivity index (χ3v) is 6.91. The van der Waals surface area contributed by atoms with Gasteiger partial charge in [0.2, 0.25) is 11.8 Å². The van der Waals surface area contributed by atoms with E-state index in [0.29, 0.717) is 11.3 Å². The molecule has 1 saturated heterocycles. The van der Waals surface area contributed by atoms with Crippen LogP contribution in [0.5, 0.6) is 0 Å². The Kier molecular flexibility index (Phi) is 5.68. The Labute approximate surface area is 201 Å². The van der Waals surface area contributed by atoms with Gasteiger partial charge in [0.1, 0.15) is 0 Å². The zero-order chi connectivity index (χ0) is 24.7. The minimum absolute atomic E-state index is 0.0838. The molecular weight excluding hydrogens is 450 g/mol. The summed E-state index contributed by atoms with van der Waals surface area (Å²) in [6.07, 6.45) is 2.94. The summed E-state index contributed by atoms with van der Waals surface area (Å²) in [5.74, 6) is -3.02. The quantitative estimate of drug-likeness (QED) is 0.297. The number of hydrogen-bond donors (Lipinski definition) is 2. The highest BCUT2D eigenvalue weighted by Crippen LogP contribution is 2.55. The molecule has 1 saturated carbocycles. The van der Waals surface area contributed by atoms with Crippen LogP contribution in [0.3, 0.4) is 0 Å². The van der Waals surface area contributed by atoms with Crippen molar-refractivity contribution in [1.29, 1.82) is 0 Å². The molecule has 2 aromatic rings. The number of carbonyl (C=O) groups excluding carboxylic acids is 5. The van der Waals surface area contributed by atoms with Crippen molar-refractivity contribution in [2.45, 2.75) is 13.3 Å². The first kappa shape index (κ1) is 22.5. The number of fused-ring (bicyclic) bond motifs is 5. The van der Waals surface area contributed by atoms with Gasteiger partial charge < -0.3 is 4.74 Å². The van der Waals surface area contributed by atoms with Crippen LogP contribution >= 0.6 is 0 Å². The standard InChI is InChI=1S/C26H23N3O6/c1-14-10-17-12-19(14)22-21(17)24(32)29(25(22)33)18-9-5-8-16(11-18)26(34)35-13-20(30)27-28-23(31)15-6-3-2-4-7-15/h2-11,17,19,21-22H,12-13H2,1H3,(H,27,30)(H,28,31)/t17-,19+,21+,22+/m0/s1. The highest BCUT2D eigenvalue weighted by Gasteiger charge is 2.60. The molecule has 0 aromatic heterocycles. The summed E-state index contributed by atoms with van der Waals surface area (Å²) in [6, 6.07) is 14.3. The number of esters is 1. The van der Waals surface area contributed by atoms with Crippen LogP contribution in [0.1, 0.15) is 34.1 Å². The van der Waals surface area contributed by atoms with E-state index >= 15 is 0 Å². The Morgan fingerprint density at radius 2 is 1.66 bits per heavy atom. The number of carbonyl (C=O) groups is 5. The molecule has 2 fully saturated rings. The average Bonchev–Trinajstić information content (AvgIpc) is 3.51. The lowest BCUT2D eigenvalue weighted by Gasteiger charge is -2.19. The zero-order valence-corrected chi connectivity index (χ0v) is 18.9. The molecule has 2 bridgehead atoms. The Morgan fingerprint density at radius 3 is 2.43 bits per heavy atom. The Balaban J connectivity index is 1.19. The molecule has 0 radical (unpaired) electrons. The van der Waals surface area contributed by atoms with Crippen LogP contribution in [0.2, 0.25) is 0 Å². The van der Waals surface area contributed by atoms with Crippen molar-refractivity contribution in [2.75, 3.05) is 11.5 Å². The molecule has 2 aliphatic carbocycles. The fourth-order valence-electron chi connectivity index (χ4n) is 5.34. The number of nitrogens with zero attached hydrogens (tertiary/aromatic N) is 1. The number of nitrogens with one attached hydrogen (secondary N) is 2. The number of hydrogen-bond acceptors (Lipinski definition) is 6. The summed E-state index contributed by atoms with van der Waals surface area (Å²) in [4.78, 5) is 63.8. The maximum atomic E-state index is 13.1. The smallest absolute Gasteiger partial charge is 0.338 e. The second-order valence-electron chi connectivity index (χ2n) is 8.97. The van der Waals surface area contributed by atoms with E-state index in [9.17, 15) is 24.0 Å². The fourth-order valence-corrected chi connectivity index (χ4v) is 5.34. The Bertz CT molecular complexity index is 1270. The van der Waals surface area contributed by atoms with Gasteiger partial charge in [-0.25, -0.2) is 9.69 Å². The van der Waals surface area contributed by atoms with Gasteiger partial charge in [-0.05, 0) is 55.5 Å². The molecule has 1 heterocycles. The Hall–Kier alpha value is -4.27. The molecular formula is C26H23N3O6. The summed E-state index contributed by atoms with van der Waals surface area (Å²) in [6.45, 7) is 1.37. The second-order valence-corrected chi connectivity index (χ2v) is 8.97. The third kappa shape index (κ3) is 3.99. The first-order chi connectivity index (χ1) is 16.8. The minimum Gasteiger partial charge on any atom is -0.452 e. The summed E-state index contributed by atoms with van der Waals surface area (Å²) in [5, 5.41) is 0. The molecule has 2 aromatic carbocycles. The molecule has 0 unspecified atom stereocenters. The van der Waals surface area contributed by atoms with Gasteiger partial charge in [0.25, 0.3) is 11.8 Å². The maximum absolute atomic E-state index is 13.1. The van der Waals surface area contributed by atoms with Crippen molar-refractivity contribution in [1.82, 2.24) is 10.9 Å². The molecule has 0 spiro atoms. The van der Waals surface area contributed by atoms with E-state index in [2.05, 4.69) is 16.9 Å². The molecule has 2 N–H and O–H groups in total. The molecule has 178 valence electrons. The average molecular weight is 473 g/mol. The van der Waals surface area contributed by atoms with Gasteiger partial charge in [-0.3, -0.25) is 30.0 Å². The summed E-state index contributed by atoms with van der Waals surface area (Å²) >= 11 is 0. The van der Waals surface area contributed by atoms with Crippen molar-refractivity contribution in [3.63, 3.8) is 0 Å². The first-order valence-electron chi connectivity index (χ1n) is 11.3. The molecule has 5 rings (SSSR count). The number of benzene rings is 2. The second kappa shape index (κ2) is 8.83. The van der Waals surface area contributed by atoms with Gasteiger partial charge >= 0.3 is 5.97 Å². The van der Waals surface area contributed by atoms with E-state index in [4.69, 9.17) is 4.74 Å². The van der Waals surface area contributed by atoms with Crippen molar-refractivity contribution in [3.8, 4) is 0 Å². The topological polar surface area (TPSA) is 122 Å². The molecule has 9 nitrogen and oxygen atoms in total. The van der Waals surface area contributed by atoms with Gasteiger partial charge in [-0.2, -0.15) is 0 Å². The number of ether oxygens (including phenoxy) is 1. The van der Waals surface area contributed by atoms with E-state index in [1.54, 1.807) is 42.5 Å². The van der Waals surface area contributed by atoms with E-state index in [-0.39, 0.29) is 41.0 Å². The summed E-state index contributed by atoms with van der Waals surface area (Å²) in [5.41, 5.74) is 6.34. The van der Waals surface area contributed by atoms with Gasteiger partial charge in [-0.1, -0.05) is 35.9 Å². The molecule has 35 heavy (non-hydrogen) atoms. The molecule has 4 atom stereocenters. The fraction of sp³-hybridized carbons (Fsp3) is 0.269. The SMILES string of the molecule is CC1=C[C@H]2C[C@H]1[C@H]1C(=O)N(c3cccc(C(=O)OCC(=O)NNC(=O)c4ccccc4)c3)C(=O)[C@@H]12. The predicted molar refractivity (Wildman–Crippen MR) is 124 cm³/mol. The zero-order valence-electron chi connectivity index (χ0n) is 18.9. The number of hydrazine groups is 1. The van der Waals surface area contributed by atoms with Crippen molar-refractivity contribution < 1.29 is 28.7 Å². The third-order valence-electron chi connectivity index (χ3n) is 6.91. The Morgan fingerprint density at radius 1 is 0.943 bits per heavy atom. The van der Waals surface area contributed by atoms with Gasteiger partial charge in [-0.15, -0.1) is 0 Å². The lowest BCUT2D eigenvalue weighted by Crippen LogP contribution is -2.43. The number of imide groups is 1. The summed E-state index contributed by atoms with van der Waals surface area (Å²) in [7, 11) is 0. The normalized spacial score (nSPS) is 24.1. The number of amides is 4. The summed E-state index contributed by atoms with van der Waals surface area (Å²) < 4.78 is 5.03. The van der Waals surface area contributed by atoms with E-state index in [1.807, 2.05) is 6.92 Å². The monoisotopic (exact) mass is 473 g/mol. The highest BCUT2D eigenvalue weighted by atomic mass is 16.5. The van der Waals surface area contributed by atoms with Gasteiger partial charge in [0.05, 0.1) is 23.1 Å².